The minimum Gasteiger partial charge on any atom is -0.244 e. The van der Waals surface area contributed by atoms with Crippen molar-refractivity contribution < 1.29 is 8.42 Å². The van der Waals surface area contributed by atoms with Crippen molar-refractivity contribution in [1.82, 2.24) is 9.29 Å². The van der Waals surface area contributed by atoms with Gasteiger partial charge in [0.15, 0.2) is 0 Å². The van der Waals surface area contributed by atoms with Gasteiger partial charge in [-0.3, -0.25) is 0 Å². The Morgan fingerprint density at radius 3 is 2.74 bits per heavy atom. The molecular formula is C12H16ClN3O2S. The van der Waals surface area contributed by atoms with E-state index in [0.29, 0.717) is 6.54 Å². The minimum absolute atomic E-state index is 0.103. The first-order chi connectivity index (χ1) is 8.87. The van der Waals surface area contributed by atoms with Crippen molar-refractivity contribution in [2.45, 2.75) is 25.2 Å². The highest BCUT2D eigenvalue weighted by Crippen LogP contribution is 2.19. The summed E-state index contributed by atoms with van der Waals surface area (Å²) in [5.41, 5.74) is 0. The molecule has 0 N–H and O–H groups in total. The second-order valence-corrected chi connectivity index (χ2v) is 6.80. The summed E-state index contributed by atoms with van der Waals surface area (Å²) in [5, 5.41) is 8.76. The third-order valence-electron chi connectivity index (χ3n) is 2.38. The van der Waals surface area contributed by atoms with E-state index >= 15 is 0 Å². The largest absolute Gasteiger partial charge is 0.244 e. The maximum atomic E-state index is 12.5. The summed E-state index contributed by atoms with van der Waals surface area (Å²) >= 11 is 5.72. The number of hydrogen-bond donors (Lipinski definition) is 0. The van der Waals surface area contributed by atoms with Crippen LogP contribution < -0.4 is 0 Å². The van der Waals surface area contributed by atoms with Gasteiger partial charge in [-0.1, -0.05) is 25.4 Å². The van der Waals surface area contributed by atoms with E-state index < -0.39 is 10.0 Å². The predicted octanol–water partition coefficient (Wildman–Crippen LogP) is 2.30. The number of sulfonamides is 1. The second-order valence-electron chi connectivity index (χ2n) is 4.48. The Hall–Kier alpha value is -1.16. The number of nitrogens with zero attached hydrogens (tertiary/aromatic N) is 3. The van der Waals surface area contributed by atoms with Crippen LogP contribution in [0, 0.1) is 17.2 Å². The van der Waals surface area contributed by atoms with Crippen molar-refractivity contribution in [3.8, 4) is 6.07 Å². The topological polar surface area (TPSA) is 74.1 Å². The van der Waals surface area contributed by atoms with E-state index in [1.165, 1.54) is 22.6 Å². The highest BCUT2D eigenvalue weighted by atomic mass is 35.5. The standard InChI is InChI=1S/C12H16ClN3O2S/c1-10(2)9-16(7-3-5-14)19(17,18)11-4-6-15-12(13)8-11/h4,6,8,10H,3,7,9H2,1-2H3. The van der Waals surface area contributed by atoms with Crippen LogP contribution in [0.1, 0.15) is 20.3 Å². The van der Waals surface area contributed by atoms with Crippen LogP contribution in [0.25, 0.3) is 0 Å². The summed E-state index contributed by atoms with van der Waals surface area (Å²) < 4.78 is 26.2. The van der Waals surface area contributed by atoms with Crippen LogP contribution in [0.4, 0.5) is 0 Å². The average Bonchev–Trinajstić information content (AvgIpc) is 2.34. The van der Waals surface area contributed by atoms with Crippen LogP contribution in [-0.4, -0.2) is 30.8 Å². The Morgan fingerprint density at radius 2 is 2.21 bits per heavy atom. The summed E-state index contributed by atoms with van der Waals surface area (Å²) in [4.78, 5) is 3.87. The molecule has 0 fully saturated rings. The van der Waals surface area contributed by atoms with Gasteiger partial charge in [-0.15, -0.1) is 0 Å². The molecule has 1 aromatic heterocycles. The fourth-order valence-electron chi connectivity index (χ4n) is 1.59. The van der Waals surface area contributed by atoms with Crippen LogP contribution in [0.2, 0.25) is 5.15 Å². The van der Waals surface area contributed by atoms with E-state index in [-0.39, 0.29) is 28.9 Å². The van der Waals surface area contributed by atoms with Crippen molar-refractivity contribution >= 4 is 21.6 Å². The van der Waals surface area contributed by atoms with Crippen LogP contribution in [-0.2, 0) is 10.0 Å². The van der Waals surface area contributed by atoms with Crippen LogP contribution in [0.3, 0.4) is 0 Å². The lowest BCUT2D eigenvalue weighted by atomic mass is 10.2. The lowest BCUT2D eigenvalue weighted by Crippen LogP contribution is -2.35. The zero-order valence-corrected chi connectivity index (χ0v) is 12.4. The third-order valence-corrected chi connectivity index (χ3v) is 4.45. The molecule has 0 saturated heterocycles. The Morgan fingerprint density at radius 1 is 1.53 bits per heavy atom. The number of halogens is 1. The maximum Gasteiger partial charge on any atom is 0.243 e. The zero-order chi connectivity index (χ0) is 14.5. The van der Waals surface area contributed by atoms with Crippen molar-refractivity contribution in [1.29, 1.82) is 5.26 Å². The van der Waals surface area contributed by atoms with Crippen molar-refractivity contribution in [2.24, 2.45) is 5.92 Å². The van der Waals surface area contributed by atoms with Crippen molar-refractivity contribution in [2.75, 3.05) is 13.1 Å². The molecular weight excluding hydrogens is 286 g/mol. The molecule has 19 heavy (non-hydrogen) atoms. The number of aromatic nitrogens is 1. The highest BCUT2D eigenvalue weighted by molar-refractivity contribution is 7.89. The molecule has 0 aliphatic heterocycles. The summed E-state index contributed by atoms with van der Waals surface area (Å²) in [6.45, 7) is 4.39. The van der Waals surface area contributed by atoms with E-state index in [9.17, 15) is 8.42 Å². The van der Waals surface area contributed by atoms with Crippen LogP contribution in [0.5, 0.6) is 0 Å². The first-order valence-corrected chi connectivity index (χ1v) is 7.68. The molecule has 0 aliphatic carbocycles. The summed E-state index contributed by atoms with van der Waals surface area (Å²) in [5.74, 6) is 0.172. The lowest BCUT2D eigenvalue weighted by molar-refractivity contribution is 0.373. The van der Waals surface area contributed by atoms with Gasteiger partial charge in [0, 0.05) is 25.7 Å². The maximum absolute atomic E-state index is 12.5. The molecule has 0 aromatic carbocycles. The molecule has 104 valence electrons. The molecule has 0 bridgehead atoms. The van der Waals surface area contributed by atoms with E-state index in [4.69, 9.17) is 16.9 Å². The lowest BCUT2D eigenvalue weighted by Gasteiger charge is -2.23. The Bertz CT molecular complexity index is 567. The average molecular weight is 302 g/mol. The normalized spacial score (nSPS) is 11.8. The number of nitriles is 1. The van der Waals surface area contributed by atoms with Gasteiger partial charge < -0.3 is 0 Å². The van der Waals surface area contributed by atoms with Gasteiger partial charge in [0.2, 0.25) is 10.0 Å². The quantitative estimate of drug-likeness (QED) is 0.756. The summed E-state index contributed by atoms with van der Waals surface area (Å²) in [7, 11) is -3.63. The zero-order valence-electron chi connectivity index (χ0n) is 10.9. The highest BCUT2D eigenvalue weighted by Gasteiger charge is 2.25. The SMILES string of the molecule is CC(C)CN(CCC#N)S(=O)(=O)c1ccnc(Cl)c1. The molecule has 0 radical (unpaired) electrons. The van der Waals surface area contributed by atoms with E-state index in [1.54, 1.807) is 0 Å². The molecule has 1 aromatic rings. The molecule has 0 amide bonds. The number of rotatable bonds is 6. The minimum atomic E-state index is -3.63. The Balaban J connectivity index is 3.08. The Kier molecular flexibility index (Phi) is 5.73. The fourth-order valence-corrected chi connectivity index (χ4v) is 3.44. The van der Waals surface area contributed by atoms with Crippen LogP contribution in [0.15, 0.2) is 23.2 Å². The molecule has 0 spiro atoms. The molecule has 0 saturated carbocycles. The van der Waals surface area contributed by atoms with Gasteiger partial charge in [-0.25, -0.2) is 13.4 Å². The second kappa shape index (κ2) is 6.85. The molecule has 0 aliphatic rings. The van der Waals surface area contributed by atoms with Gasteiger partial charge in [-0.05, 0) is 18.1 Å². The van der Waals surface area contributed by atoms with Crippen molar-refractivity contribution in [3.05, 3.63) is 23.5 Å². The van der Waals surface area contributed by atoms with E-state index in [1.807, 2.05) is 19.9 Å². The van der Waals surface area contributed by atoms with E-state index in [2.05, 4.69) is 4.98 Å². The van der Waals surface area contributed by atoms with Gasteiger partial charge in [0.25, 0.3) is 0 Å². The molecule has 5 nitrogen and oxygen atoms in total. The van der Waals surface area contributed by atoms with Gasteiger partial charge in [-0.2, -0.15) is 9.57 Å². The summed E-state index contributed by atoms with van der Waals surface area (Å²) in [6.07, 6.45) is 1.51. The molecule has 7 heteroatoms. The van der Waals surface area contributed by atoms with Crippen LogP contribution >= 0.6 is 11.6 Å². The number of pyridine rings is 1. The first-order valence-electron chi connectivity index (χ1n) is 5.86. The Labute approximate surface area is 118 Å². The van der Waals surface area contributed by atoms with Gasteiger partial charge in [0.05, 0.1) is 11.0 Å². The monoisotopic (exact) mass is 301 g/mol. The van der Waals surface area contributed by atoms with E-state index in [0.717, 1.165) is 0 Å². The molecule has 0 unspecified atom stereocenters. The van der Waals surface area contributed by atoms with Gasteiger partial charge >= 0.3 is 0 Å². The fraction of sp³-hybridized carbons (Fsp3) is 0.500. The number of hydrogen-bond acceptors (Lipinski definition) is 4. The smallest absolute Gasteiger partial charge is 0.243 e. The molecule has 1 rings (SSSR count). The third kappa shape index (κ3) is 4.46. The first kappa shape index (κ1) is 15.9. The molecule has 0 atom stereocenters. The molecule has 1 heterocycles. The van der Waals surface area contributed by atoms with Crippen molar-refractivity contribution in [3.63, 3.8) is 0 Å². The predicted molar refractivity (Wildman–Crippen MR) is 73.1 cm³/mol. The van der Waals surface area contributed by atoms with Gasteiger partial charge in [0.1, 0.15) is 5.15 Å². The summed E-state index contributed by atoms with van der Waals surface area (Å²) in [6, 6.07) is 4.68.